The molecule has 1 aromatic carbocycles. The molecule has 0 saturated heterocycles. The van der Waals surface area contributed by atoms with Crippen molar-refractivity contribution in [3.05, 3.63) is 77.1 Å². The first-order valence-corrected chi connectivity index (χ1v) is 11.5. The molecule has 2 heterocycles. The van der Waals surface area contributed by atoms with Crippen LogP contribution in [-0.2, 0) is 16.1 Å². The molecule has 0 radical (unpaired) electrons. The van der Waals surface area contributed by atoms with E-state index >= 15 is 0 Å². The molecule has 182 valence electrons. The summed E-state index contributed by atoms with van der Waals surface area (Å²) in [5, 5.41) is 21.2. The Bertz CT molecular complexity index is 1170. The molecule has 0 aliphatic carbocycles. The first-order valence-electron chi connectivity index (χ1n) is 10.6. The van der Waals surface area contributed by atoms with Crippen LogP contribution in [0.25, 0.3) is 0 Å². The van der Waals surface area contributed by atoms with Crippen molar-refractivity contribution in [3.8, 4) is 0 Å². The molecule has 0 fully saturated rings. The number of nitrogens with one attached hydrogen (secondary N) is 4. The van der Waals surface area contributed by atoms with Gasteiger partial charge >= 0.3 is 12.0 Å². The molecular formula is C23H24N6O5S. The minimum absolute atomic E-state index is 0.0300. The van der Waals surface area contributed by atoms with Crippen LogP contribution >= 0.6 is 11.3 Å². The van der Waals surface area contributed by atoms with Crippen molar-refractivity contribution in [1.29, 1.82) is 0 Å². The van der Waals surface area contributed by atoms with Crippen molar-refractivity contribution in [2.75, 3.05) is 5.32 Å². The molecule has 4 amide bonds. The maximum atomic E-state index is 12.6. The smallest absolute Gasteiger partial charge is 0.321 e. The lowest BCUT2D eigenvalue weighted by atomic mass is 10.1. The zero-order valence-corrected chi connectivity index (χ0v) is 19.5. The van der Waals surface area contributed by atoms with Gasteiger partial charge in [-0.25, -0.2) is 9.78 Å². The average molecular weight is 497 g/mol. The second-order valence-corrected chi connectivity index (χ2v) is 8.33. The van der Waals surface area contributed by atoms with Crippen LogP contribution in [0.15, 0.2) is 60.2 Å². The highest BCUT2D eigenvalue weighted by Gasteiger charge is 2.23. The SMILES string of the molecule is CC(NC(=O)c1csc(NC(=O)NCc2ccccc2)n1)C(=O)NC(CC(=O)O)c1cccnc1. The number of thiazole rings is 1. The van der Waals surface area contributed by atoms with Gasteiger partial charge in [0.1, 0.15) is 11.7 Å². The standard InChI is InChI=1S/C23H24N6O5S/c1-14(20(32)27-17(10-19(30)31)16-8-5-9-24-12-16)26-21(33)18-13-35-23(28-18)29-22(34)25-11-15-6-3-2-4-7-15/h2-9,12-14,17H,10-11H2,1H3,(H,26,33)(H,27,32)(H,30,31)(H2,25,28,29,34). The Labute approximate surface area is 205 Å². The van der Waals surface area contributed by atoms with Crippen LogP contribution in [0.3, 0.4) is 0 Å². The minimum atomic E-state index is -1.09. The summed E-state index contributed by atoms with van der Waals surface area (Å²) < 4.78 is 0. The van der Waals surface area contributed by atoms with E-state index in [2.05, 4.69) is 31.2 Å². The number of pyridine rings is 1. The number of aromatic nitrogens is 2. The number of rotatable bonds is 10. The Morgan fingerprint density at radius 2 is 1.83 bits per heavy atom. The molecule has 12 heteroatoms. The van der Waals surface area contributed by atoms with E-state index < -0.39 is 35.9 Å². The van der Waals surface area contributed by atoms with Gasteiger partial charge < -0.3 is 21.1 Å². The molecule has 0 aliphatic heterocycles. The number of carbonyl (C=O) groups excluding carboxylic acids is 3. The number of hydrogen-bond donors (Lipinski definition) is 5. The summed E-state index contributed by atoms with van der Waals surface area (Å²) in [6.07, 6.45) is 2.67. The van der Waals surface area contributed by atoms with Crippen LogP contribution < -0.4 is 21.3 Å². The fourth-order valence-electron chi connectivity index (χ4n) is 3.00. The van der Waals surface area contributed by atoms with Gasteiger partial charge in [-0.05, 0) is 24.1 Å². The van der Waals surface area contributed by atoms with E-state index in [0.29, 0.717) is 12.1 Å². The summed E-state index contributed by atoms with van der Waals surface area (Å²) in [7, 11) is 0. The highest BCUT2D eigenvalue weighted by atomic mass is 32.1. The highest BCUT2D eigenvalue weighted by Crippen LogP contribution is 2.17. The second-order valence-electron chi connectivity index (χ2n) is 7.47. The van der Waals surface area contributed by atoms with Crippen LogP contribution in [-0.4, -0.2) is 44.9 Å². The van der Waals surface area contributed by atoms with E-state index in [1.165, 1.54) is 24.7 Å². The van der Waals surface area contributed by atoms with Crippen molar-refractivity contribution in [3.63, 3.8) is 0 Å². The lowest BCUT2D eigenvalue weighted by Gasteiger charge is -2.20. The fourth-order valence-corrected chi connectivity index (χ4v) is 3.68. The lowest BCUT2D eigenvalue weighted by Crippen LogP contribution is -2.46. The number of nitrogens with zero attached hydrogens (tertiary/aromatic N) is 2. The maximum absolute atomic E-state index is 12.6. The molecule has 11 nitrogen and oxygen atoms in total. The van der Waals surface area contributed by atoms with Crippen molar-refractivity contribution in [1.82, 2.24) is 25.9 Å². The molecule has 3 aromatic rings. The number of anilines is 1. The molecule has 0 spiro atoms. The molecule has 3 rings (SSSR count). The summed E-state index contributed by atoms with van der Waals surface area (Å²) in [5.74, 6) is -2.27. The summed E-state index contributed by atoms with van der Waals surface area (Å²) in [5.41, 5.74) is 1.49. The molecule has 0 aliphatic rings. The lowest BCUT2D eigenvalue weighted by molar-refractivity contribution is -0.137. The summed E-state index contributed by atoms with van der Waals surface area (Å²) in [4.78, 5) is 56.4. The zero-order valence-electron chi connectivity index (χ0n) is 18.7. The predicted molar refractivity (Wildman–Crippen MR) is 129 cm³/mol. The van der Waals surface area contributed by atoms with Crippen molar-refractivity contribution >= 4 is 40.3 Å². The molecule has 2 unspecified atom stereocenters. The van der Waals surface area contributed by atoms with Gasteiger partial charge in [0.15, 0.2) is 5.13 Å². The van der Waals surface area contributed by atoms with Crippen LogP contribution in [0.2, 0.25) is 0 Å². The average Bonchev–Trinajstić information content (AvgIpc) is 3.31. The van der Waals surface area contributed by atoms with Gasteiger partial charge in [-0.15, -0.1) is 11.3 Å². The summed E-state index contributed by atoms with van der Waals surface area (Å²) >= 11 is 1.06. The van der Waals surface area contributed by atoms with Gasteiger partial charge in [0.05, 0.1) is 12.5 Å². The number of urea groups is 1. The third-order valence-corrected chi connectivity index (χ3v) is 5.53. The normalized spacial score (nSPS) is 12.1. The van der Waals surface area contributed by atoms with Crippen LogP contribution in [0.5, 0.6) is 0 Å². The predicted octanol–water partition coefficient (Wildman–Crippen LogP) is 2.31. The molecule has 35 heavy (non-hydrogen) atoms. The number of amides is 4. The number of carbonyl (C=O) groups is 4. The Hall–Kier alpha value is -4.32. The molecule has 5 N–H and O–H groups in total. The second kappa shape index (κ2) is 12.2. The van der Waals surface area contributed by atoms with E-state index in [9.17, 15) is 19.2 Å². The third-order valence-electron chi connectivity index (χ3n) is 4.78. The molecule has 2 atom stereocenters. The Balaban J connectivity index is 1.52. The Kier molecular flexibility index (Phi) is 8.84. The summed E-state index contributed by atoms with van der Waals surface area (Å²) in [6.45, 7) is 1.80. The van der Waals surface area contributed by atoms with E-state index in [4.69, 9.17) is 5.11 Å². The highest BCUT2D eigenvalue weighted by molar-refractivity contribution is 7.14. The van der Waals surface area contributed by atoms with E-state index in [-0.39, 0.29) is 17.2 Å². The molecule has 0 saturated carbocycles. The summed E-state index contributed by atoms with van der Waals surface area (Å²) in [6, 6.07) is 10.4. The van der Waals surface area contributed by atoms with Crippen LogP contribution in [0, 0.1) is 0 Å². The third kappa shape index (κ3) is 7.89. The Morgan fingerprint density at radius 1 is 1.06 bits per heavy atom. The number of carboxylic acid groups (broad SMARTS) is 1. The van der Waals surface area contributed by atoms with E-state index in [0.717, 1.165) is 16.9 Å². The molecular weight excluding hydrogens is 472 g/mol. The Morgan fingerprint density at radius 3 is 2.51 bits per heavy atom. The number of aliphatic carboxylic acids is 1. The van der Waals surface area contributed by atoms with Crippen molar-refractivity contribution in [2.45, 2.75) is 32.0 Å². The maximum Gasteiger partial charge on any atom is 0.321 e. The molecule has 2 aromatic heterocycles. The van der Waals surface area contributed by atoms with Gasteiger partial charge in [-0.3, -0.25) is 24.7 Å². The van der Waals surface area contributed by atoms with Gasteiger partial charge in [0, 0.05) is 24.3 Å². The molecule has 0 bridgehead atoms. The van der Waals surface area contributed by atoms with Gasteiger partial charge in [0.25, 0.3) is 5.91 Å². The van der Waals surface area contributed by atoms with E-state index in [1.54, 1.807) is 12.1 Å². The first-order chi connectivity index (χ1) is 16.8. The van der Waals surface area contributed by atoms with Crippen molar-refractivity contribution in [2.24, 2.45) is 0 Å². The van der Waals surface area contributed by atoms with Crippen LogP contribution in [0.4, 0.5) is 9.93 Å². The van der Waals surface area contributed by atoms with Crippen LogP contribution in [0.1, 0.15) is 41.0 Å². The topological polar surface area (TPSA) is 162 Å². The monoisotopic (exact) mass is 496 g/mol. The van der Waals surface area contributed by atoms with Gasteiger partial charge in [-0.1, -0.05) is 36.4 Å². The number of benzene rings is 1. The first kappa shape index (κ1) is 25.3. The zero-order chi connectivity index (χ0) is 25.2. The largest absolute Gasteiger partial charge is 0.481 e. The fraction of sp³-hybridized carbons (Fsp3) is 0.217. The van der Waals surface area contributed by atoms with Gasteiger partial charge in [-0.2, -0.15) is 0 Å². The number of hydrogen-bond acceptors (Lipinski definition) is 7. The van der Waals surface area contributed by atoms with E-state index in [1.807, 2.05) is 30.3 Å². The number of carboxylic acids is 1. The van der Waals surface area contributed by atoms with Crippen molar-refractivity contribution < 1.29 is 24.3 Å². The minimum Gasteiger partial charge on any atom is -0.481 e. The quantitative estimate of drug-likeness (QED) is 0.288. The van der Waals surface area contributed by atoms with Gasteiger partial charge in [0.2, 0.25) is 5.91 Å².